The Hall–Kier alpha value is -3.06. The summed E-state index contributed by atoms with van der Waals surface area (Å²) >= 11 is 0. The Morgan fingerprint density at radius 3 is 2.50 bits per heavy atom. The fourth-order valence-electron chi connectivity index (χ4n) is 5.40. The number of hydrogen-bond donors (Lipinski definition) is 2. The topological polar surface area (TPSA) is 78.5 Å². The third-order valence-corrected chi connectivity index (χ3v) is 7.40. The molecule has 1 fully saturated rings. The van der Waals surface area contributed by atoms with Crippen LogP contribution < -0.4 is 20.5 Å². The fraction of sp³-hybridized carbons (Fsp3) is 0.483. The van der Waals surface area contributed by atoms with Gasteiger partial charge in [0.15, 0.2) is 11.5 Å². The summed E-state index contributed by atoms with van der Waals surface area (Å²) in [4.78, 5) is 13.5. The van der Waals surface area contributed by atoms with Gasteiger partial charge in [-0.3, -0.25) is 4.79 Å². The van der Waals surface area contributed by atoms with Gasteiger partial charge in [0.2, 0.25) is 11.7 Å². The molecule has 1 amide bonds. The van der Waals surface area contributed by atoms with Crippen molar-refractivity contribution in [1.29, 1.82) is 0 Å². The van der Waals surface area contributed by atoms with Gasteiger partial charge in [-0.1, -0.05) is 33.8 Å². The Labute approximate surface area is 211 Å². The number of nitrogens with two attached hydrogens (primary N) is 1. The minimum Gasteiger partial charge on any atom is -0.449 e. The molecule has 0 radical (unpaired) electrons. The molecule has 1 unspecified atom stereocenters. The van der Waals surface area contributed by atoms with Crippen LogP contribution in [0, 0.1) is 5.82 Å². The number of anilines is 1. The van der Waals surface area contributed by atoms with E-state index in [4.69, 9.17) is 15.2 Å². The highest BCUT2D eigenvalue weighted by atomic mass is 19.1. The van der Waals surface area contributed by atoms with Crippen LogP contribution >= 0.6 is 0 Å². The van der Waals surface area contributed by atoms with Crippen molar-refractivity contribution >= 4 is 22.5 Å². The van der Waals surface area contributed by atoms with Crippen molar-refractivity contribution in [3.63, 3.8) is 0 Å². The molecule has 2 heterocycles. The van der Waals surface area contributed by atoms with Gasteiger partial charge in [0.05, 0.1) is 16.6 Å². The second-order valence-corrected chi connectivity index (χ2v) is 11.4. The zero-order valence-electron chi connectivity index (χ0n) is 21.8. The first-order valence-electron chi connectivity index (χ1n) is 12.9. The zero-order valence-corrected chi connectivity index (χ0v) is 21.8. The molecular weight excluding hydrogens is 457 g/mol. The monoisotopic (exact) mass is 493 g/mol. The molecule has 1 aliphatic heterocycles. The van der Waals surface area contributed by atoms with Crippen molar-refractivity contribution < 1.29 is 18.7 Å². The van der Waals surface area contributed by atoms with E-state index in [1.807, 2.05) is 25.1 Å². The SMILES string of the molecule is CCCC1(C)Oc2ccc(C3(C(=O)Nc4cc5cc(C(C)(C)C)n(CCN)c5cc4F)CC3)cc2O1. The molecule has 0 bridgehead atoms. The predicted molar refractivity (Wildman–Crippen MR) is 140 cm³/mol. The Kier molecular flexibility index (Phi) is 5.82. The Bertz CT molecular complexity index is 1340. The average molecular weight is 494 g/mol. The molecule has 5 rings (SSSR count). The molecule has 0 saturated heterocycles. The first-order chi connectivity index (χ1) is 17.0. The van der Waals surface area contributed by atoms with Gasteiger partial charge in [-0.05, 0) is 49.1 Å². The van der Waals surface area contributed by atoms with Crippen LogP contribution in [-0.4, -0.2) is 22.8 Å². The number of rotatable bonds is 7. The van der Waals surface area contributed by atoms with Crippen LogP contribution in [0.3, 0.4) is 0 Å². The second-order valence-electron chi connectivity index (χ2n) is 11.4. The van der Waals surface area contributed by atoms with Crippen LogP contribution in [0.4, 0.5) is 10.1 Å². The van der Waals surface area contributed by atoms with E-state index in [1.54, 1.807) is 6.07 Å². The van der Waals surface area contributed by atoms with Gasteiger partial charge in [0, 0.05) is 49.0 Å². The van der Waals surface area contributed by atoms with Crippen LogP contribution in [-0.2, 0) is 22.2 Å². The zero-order chi connectivity index (χ0) is 25.9. The highest BCUT2D eigenvalue weighted by Crippen LogP contribution is 2.52. The summed E-state index contributed by atoms with van der Waals surface area (Å²) in [6, 6.07) is 11.0. The highest BCUT2D eigenvalue weighted by Gasteiger charge is 2.52. The van der Waals surface area contributed by atoms with E-state index in [9.17, 15) is 4.79 Å². The summed E-state index contributed by atoms with van der Waals surface area (Å²) in [5.41, 5.74) is 7.96. The van der Waals surface area contributed by atoms with E-state index in [1.165, 1.54) is 6.07 Å². The van der Waals surface area contributed by atoms with Crippen LogP contribution in [0.5, 0.6) is 11.5 Å². The molecule has 3 aromatic rings. The van der Waals surface area contributed by atoms with Gasteiger partial charge in [0.25, 0.3) is 0 Å². The van der Waals surface area contributed by atoms with E-state index in [-0.39, 0.29) is 17.0 Å². The van der Waals surface area contributed by atoms with Crippen LogP contribution in [0.2, 0.25) is 0 Å². The lowest BCUT2D eigenvalue weighted by molar-refractivity contribution is -0.118. The van der Waals surface area contributed by atoms with Crippen molar-refractivity contribution in [2.45, 2.75) is 83.5 Å². The summed E-state index contributed by atoms with van der Waals surface area (Å²) < 4.78 is 29.4. The van der Waals surface area contributed by atoms with Crippen molar-refractivity contribution in [1.82, 2.24) is 4.57 Å². The maximum atomic E-state index is 15.3. The molecule has 1 atom stereocenters. The molecule has 192 valence electrons. The maximum absolute atomic E-state index is 15.3. The predicted octanol–water partition coefficient (Wildman–Crippen LogP) is 5.99. The molecule has 36 heavy (non-hydrogen) atoms. The van der Waals surface area contributed by atoms with Crippen LogP contribution in [0.15, 0.2) is 36.4 Å². The molecule has 2 aromatic carbocycles. The minimum atomic E-state index is -0.689. The Balaban J connectivity index is 1.43. The number of carbonyl (C=O) groups excluding carboxylic acids is 1. The molecular formula is C29H36FN3O3. The molecule has 3 N–H and O–H groups in total. The number of hydrogen-bond acceptors (Lipinski definition) is 4. The van der Waals surface area contributed by atoms with Crippen LogP contribution in [0.25, 0.3) is 10.9 Å². The number of nitrogens with zero attached hydrogens (tertiary/aromatic N) is 1. The Morgan fingerprint density at radius 1 is 1.14 bits per heavy atom. The normalized spacial score (nSPS) is 20.1. The van der Waals surface area contributed by atoms with Crippen molar-refractivity contribution in [3.8, 4) is 11.5 Å². The van der Waals surface area contributed by atoms with Gasteiger partial charge in [-0.25, -0.2) is 4.39 Å². The number of nitrogens with one attached hydrogen (secondary N) is 1. The van der Waals surface area contributed by atoms with E-state index < -0.39 is 17.0 Å². The number of halogens is 1. The van der Waals surface area contributed by atoms with Gasteiger partial charge in [0.1, 0.15) is 5.82 Å². The molecule has 1 aromatic heterocycles. The van der Waals surface area contributed by atoms with Crippen LogP contribution in [0.1, 0.15) is 71.6 Å². The van der Waals surface area contributed by atoms with E-state index in [2.05, 4.69) is 43.6 Å². The number of aromatic nitrogens is 1. The lowest BCUT2D eigenvalue weighted by Crippen LogP contribution is -2.34. The lowest BCUT2D eigenvalue weighted by Gasteiger charge is -2.22. The fourth-order valence-corrected chi connectivity index (χ4v) is 5.40. The lowest BCUT2D eigenvalue weighted by atomic mass is 9.92. The van der Waals surface area contributed by atoms with Gasteiger partial charge >= 0.3 is 0 Å². The summed E-state index contributed by atoms with van der Waals surface area (Å²) in [6.07, 6.45) is 3.12. The van der Waals surface area contributed by atoms with Gasteiger partial charge in [-0.2, -0.15) is 0 Å². The first kappa shape index (κ1) is 24.6. The van der Waals surface area contributed by atoms with E-state index in [0.29, 0.717) is 37.4 Å². The second kappa shape index (κ2) is 8.51. The first-order valence-corrected chi connectivity index (χ1v) is 12.9. The molecule has 1 saturated carbocycles. The summed E-state index contributed by atoms with van der Waals surface area (Å²) in [5.74, 6) is 0.0161. The summed E-state index contributed by atoms with van der Waals surface area (Å²) in [5, 5.41) is 3.77. The van der Waals surface area contributed by atoms with Crippen molar-refractivity contribution in [2.24, 2.45) is 5.73 Å². The molecule has 1 aliphatic carbocycles. The molecule has 0 spiro atoms. The van der Waals surface area contributed by atoms with Gasteiger partial charge in [-0.15, -0.1) is 0 Å². The maximum Gasteiger partial charge on any atom is 0.248 e. The number of ether oxygens (including phenoxy) is 2. The third-order valence-electron chi connectivity index (χ3n) is 7.40. The number of fused-ring (bicyclic) bond motifs is 2. The van der Waals surface area contributed by atoms with Crippen molar-refractivity contribution in [3.05, 3.63) is 53.5 Å². The molecule has 2 aliphatic rings. The highest BCUT2D eigenvalue weighted by molar-refractivity contribution is 6.02. The molecule has 6 nitrogen and oxygen atoms in total. The smallest absolute Gasteiger partial charge is 0.248 e. The minimum absolute atomic E-state index is 0.126. The van der Waals surface area contributed by atoms with E-state index >= 15 is 4.39 Å². The number of carbonyl (C=O) groups is 1. The average Bonchev–Trinajstić information content (AvgIpc) is 3.44. The summed E-state index contributed by atoms with van der Waals surface area (Å²) in [7, 11) is 0. The third kappa shape index (κ3) is 4.13. The van der Waals surface area contributed by atoms with Gasteiger partial charge < -0.3 is 25.1 Å². The number of benzene rings is 2. The quantitative estimate of drug-likeness (QED) is 0.423. The largest absolute Gasteiger partial charge is 0.449 e. The standard InChI is InChI=1S/C29H36FN3O3/c1-6-9-28(5)35-23-8-7-19(16-24(23)36-28)29(10-11-29)26(34)32-21-14-18-15-25(27(2,3)4)33(13-12-31)22(18)17-20(21)30/h7-8,14-17H,6,9-13,31H2,1-5H3,(H,32,34). The Morgan fingerprint density at radius 2 is 1.86 bits per heavy atom. The molecule has 7 heteroatoms. The van der Waals surface area contributed by atoms with Crippen molar-refractivity contribution in [2.75, 3.05) is 11.9 Å². The summed E-state index contributed by atoms with van der Waals surface area (Å²) in [6.45, 7) is 11.5. The number of amides is 1. The van der Waals surface area contributed by atoms with E-state index in [0.717, 1.165) is 35.0 Å².